The van der Waals surface area contributed by atoms with Gasteiger partial charge in [0.1, 0.15) is 0 Å². The van der Waals surface area contributed by atoms with Crippen molar-refractivity contribution in [1.82, 2.24) is 5.32 Å². The molecule has 5 atom stereocenters. The number of guanidine groups is 1. The summed E-state index contributed by atoms with van der Waals surface area (Å²) in [6.07, 6.45) is 0. The van der Waals surface area contributed by atoms with Gasteiger partial charge in [0.2, 0.25) is 0 Å². The lowest BCUT2D eigenvalue weighted by Crippen LogP contribution is -2.39. The fourth-order valence-corrected chi connectivity index (χ4v) is 3.86. The first-order valence-electron chi connectivity index (χ1n) is 6.43. The maximum atomic E-state index is 6.10. The van der Waals surface area contributed by atoms with E-state index in [4.69, 9.17) is 17.3 Å². The van der Waals surface area contributed by atoms with E-state index in [-0.39, 0.29) is 0 Å². The Morgan fingerprint density at radius 2 is 2.06 bits per heavy atom. The van der Waals surface area contributed by atoms with Crippen LogP contribution in [0.25, 0.3) is 0 Å². The Morgan fingerprint density at radius 1 is 1.28 bits per heavy atom. The molecule has 1 aromatic carbocycles. The van der Waals surface area contributed by atoms with E-state index in [2.05, 4.69) is 36.3 Å². The quantitative estimate of drug-likeness (QED) is 0.817. The first-order chi connectivity index (χ1) is 8.58. The van der Waals surface area contributed by atoms with E-state index in [0.29, 0.717) is 35.8 Å². The van der Waals surface area contributed by atoms with Crippen LogP contribution in [-0.4, -0.2) is 18.0 Å². The van der Waals surface area contributed by atoms with Crippen molar-refractivity contribution >= 4 is 17.6 Å². The van der Waals surface area contributed by atoms with Crippen LogP contribution in [0.1, 0.15) is 25.3 Å². The Kier molecular flexibility index (Phi) is 2.74. The predicted molar refractivity (Wildman–Crippen MR) is 74.9 cm³/mol. The standard InChI is InChI=1S/C14H18ClN3/c1-7-11(9-4-3-5-10(15)6-9)8(2)13-12(7)17-14(16)18-13/h3-8,11-13H,1-2H3,(H3,16,17,18)/t7-,8?,11+,12?,13?/m0/s1. The van der Waals surface area contributed by atoms with Gasteiger partial charge >= 0.3 is 0 Å². The van der Waals surface area contributed by atoms with E-state index < -0.39 is 0 Å². The second-order valence-corrected chi connectivity index (χ2v) is 5.91. The number of nitrogens with zero attached hydrogens (tertiary/aromatic N) is 1. The molecule has 0 spiro atoms. The van der Waals surface area contributed by atoms with Crippen molar-refractivity contribution in [2.75, 3.05) is 0 Å². The third-order valence-corrected chi connectivity index (χ3v) is 4.68. The number of benzene rings is 1. The highest BCUT2D eigenvalue weighted by Gasteiger charge is 2.49. The van der Waals surface area contributed by atoms with Gasteiger partial charge in [-0.15, -0.1) is 0 Å². The van der Waals surface area contributed by atoms with Crippen molar-refractivity contribution in [3.63, 3.8) is 0 Å². The van der Waals surface area contributed by atoms with Crippen molar-refractivity contribution < 1.29 is 0 Å². The Balaban J connectivity index is 1.95. The van der Waals surface area contributed by atoms with Gasteiger partial charge in [-0.1, -0.05) is 37.6 Å². The minimum Gasteiger partial charge on any atom is -0.370 e. The van der Waals surface area contributed by atoms with Crippen LogP contribution in [0, 0.1) is 11.8 Å². The zero-order valence-electron chi connectivity index (χ0n) is 10.6. The van der Waals surface area contributed by atoms with Gasteiger partial charge in [0.05, 0.1) is 12.1 Å². The third-order valence-electron chi connectivity index (χ3n) is 4.44. The fraction of sp³-hybridized carbons (Fsp3) is 0.500. The molecule has 0 bridgehead atoms. The zero-order chi connectivity index (χ0) is 12.9. The molecule has 1 heterocycles. The van der Waals surface area contributed by atoms with Crippen LogP contribution >= 0.6 is 11.6 Å². The second-order valence-electron chi connectivity index (χ2n) is 5.47. The molecule has 3 N–H and O–H groups in total. The summed E-state index contributed by atoms with van der Waals surface area (Å²) in [5.41, 5.74) is 7.09. The normalized spacial score (nSPS) is 38.2. The molecule has 3 rings (SSSR count). The van der Waals surface area contributed by atoms with Gasteiger partial charge < -0.3 is 11.1 Å². The SMILES string of the molecule is CC1C2NC(N)=NC2[C@@H](C)[C@H]1c1cccc(Cl)c1. The number of aliphatic imine (C=N–C) groups is 1. The van der Waals surface area contributed by atoms with Gasteiger partial charge in [-0.3, -0.25) is 0 Å². The molecular formula is C14H18ClN3. The summed E-state index contributed by atoms with van der Waals surface area (Å²) < 4.78 is 0. The first kappa shape index (κ1) is 11.8. The summed E-state index contributed by atoms with van der Waals surface area (Å²) in [6, 6.07) is 8.85. The summed E-state index contributed by atoms with van der Waals surface area (Å²) in [7, 11) is 0. The lowest BCUT2D eigenvalue weighted by Gasteiger charge is -2.23. The van der Waals surface area contributed by atoms with Gasteiger partial charge in [0, 0.05) is 5.02 Å². The van der Waals surface area contributed by atoms with E-state index >= 15 is 0 Å². The largest absolute Gasteiger partial charge is 0.370 e. The summed E-state index contributed by atoms with van der Waals surface area (Å²) in [5.74, 6) is 2.07. The Morgan fingerprint density at radius 3 is 2.72 bits per heavy atom. The molecule has 0 radical (unpaired) electrons. The van der Waals surface area contributed by atoms with Crippen LogP contribution in [0.4, 0.5) is 0 Å². The van der Waals surface area contributed by atoms with Crippen molar-refractivity contribution in [1.29, 1.82) is 0 Å². The number of hydrogen-bond acceptors (Lipinski definition) is 3. The molecule has 3 unspecified atom stereocenters. The molecule has 0 amide bonds. The minimum atomic E-state index is 0.295. The molecule has 3 nitrogen and oxygen atoms in total. The zero-order valence-corrected chi connectivity index (χ0v) is 11.4. The highest BCUT2D eigenvalue weighted by molar-refractivity contribution is 6.30. The number of halogens is 1. The monoisotopic (exact) mass is 263 g/mol. The van der Waals surface area contributed by atoms with Gasteiger partial charge in [-0.05, 0) is 35.4 Å². The summed E-state index contributed by atoms with van der Waals surface area (Å²) >= 11 is 6.10. The van der Waals surface area contributed by atoms with Crippen LogP contribution in [0.2, 0.25) is 5.02 Å². The highest BCUT2D eigenvalue weighted by atomic mass is 35.5. The average molecular weight is 264 g/mol. The number of rotatable bonds is 1. The first-order valence-corrected chi connectivity index (χ1v) is 6.81. The van der Waals surface area contributed by atoms with Gasteiger partial charge in [0.25, 0.3) is 0 Å². The van der Waals surface area contributed by atoms with E-state index in [1.807, 2.05) is 12.1 Å². The van der Waals surface area contributed by atoms with Gasteiger partial charge in [0.15, 0.2) is 5.96 Å². The average Bonchev–Trinajstić information content (AvgIpc) is 2.79. The lowest BCUT2D eigenvalue weighted by atomic mass is 9.84. The maximum Gasteiger partial charge on any atom is 0.189 e. The molecule has 1 aliphatic carbocycles. The van der Waals surface area contributed by atoms with E-state index in [1.54, 1.807) is 0 Å². The number of hydrogen-bond donors (Lipinski definition) is 2. The molecule has 1 saturated carbocycles. The molecular weight excluding hydrogens is 246 g/mol. The maximum absolute atomic E-state index is 6.10. The van der Waals surface area contributed by atoms with Crippen LogP contribution in [0.5, 0.6) is 0 Å². The molecule has 2 aliphatic rings. The van der Waals surface area contributed by atoms with Crippen LogP contribution in [-0.2, 0) is 0 Å². The van der Waals surface area contributed by atoms with Crippen LogP contribution in [0.15, 0.2) is 29.3 Å². The van der Waals surface area contributed by atoms with Crippen molar-refractivity contribution in [2.24, 2.45) is 22.6 Å². The van der Waals surface area contributed by atoms with E-state index in [0.717, 1.165) is 5.02 Å². The van der Waals surface area contributed by atoms with E-state index in [1.165, 1.54) is 5.56 Å². The summed E-state index contributed by atoms with van der Waals surface area (Å²) in [4.78, 5) is 4.53. The predicted octanol–water partition coefficient (Wildman–Crippen LogP) is 2.36. The molecule has 0 saturated heterocycles. The van der Waals surface area contributed by atoms with Crippen LogP contribution < -0.4 is 11.1 Å². The van der Waals surface area contributed by atoms with Crippen molar-refractivity contribution in [3.05, 3.63) is 34.9 Å². The molecule has 96 valence electrons. The number of nitrogens with two attached hydrogens (primary N) is 1. The third kappa shape index (κ3) is 1.69. The lowest BCUT2D eigenvalue weighted by molar-refractivity contribution is 0.431. The minimum absolute atomic E-state index is 0.295. The fourth-order valence-electron chi connectivity index (χ4n) is 3.66. The molecule has 1 aromatic rings. The summed E-state index contributed by atoms with van der Waals surface area (Å²) in [5, 5.41) is 4.11. The molecule has 4 heteroatoms. The van der Waals surface area contributed by atoms with Crippen LogP contribution in [0.3, 0.4) is 0 Å². The highest BCUT2D eigenvalue weighted by Crippen LogP contribution is 2.46. The van der Waals surface area contributed by atoms with E-state index in [9.17, 15) is 0 Å². The molecule has 18 heavy (non-hydrogen) atoms. The Labute approximate surface area is 112 Å². The topological polar surface area (TPSA) is 50.4 Å². The Bertz CT molecular complexity index is 500. The van der Waals surface area contributed by atoms with Gasteiger partial charge in [-0.25, -0.2) is 4.99 Å². The molecule has 0 aromatic heterocycles. The number of nitrogens with one attached hydrogen (secondary N) is 1. The molecule has 1 fully saturated rings. The van der Waals surface area contributed by atoms with Crippen molar-refractivity contribution in [3.8, 4) is 0 Å². The van der Waals surface area contributed by atoms with Gasteiger partial charge in [-0.2, -0.15) is 0 Å². The molecule has 1 aliphatic heterocycles. The second kappa shape index (κ2) is 4.16. The summed E-state index contributed by atoms with van der Waals surface area (Å²) in [6.45, 7) is 4.53. The van der Waals surface area contributed by atoms with Crippen molar-refractivity contribution in [2.45, 2.75) is 31.8 Å². The number of fused-ring (bicyclic) bond motifs is 1. The Hall–Kier alpha value is -1.22. The smallest absolute Gasteiger partial charge is 0.189 e.